The Morgan fingerprint density at radius 3 is 2.92 bits per heavy atom. The number of aromatic nitrogens is 2. The van der Waals surface area contributed by atoms with Gasteiger partial charge in [0.25, 0.3) is 0 Å². The lowest BCUT2D eigenvalue weighted by Crippen LogP contribution is -2.38. The summed E-state index contributed by atoms with van der Waals surface area (Å²) in [7, 11) is 0. The Labute approximate surface area is 142 Å². The number of imidazole rings is 1. The second-order valence-corrected chi connectivity index (χ2v) is 6.02. The maximum atomic E-state index is 13.2. The largest absolute Gasteiger partial charge is 0.334 e. The highest BCUT2D eigenvalue weighted by Gasteiger charge is 2.28. The molecule has 0 spiro atoms. The van der Waals surface area contributed by atoms with Gasteiger partial charge in [-0.2, -0.15) is 0 Å². The zero-order valence-electron chi connectivity index (χ0n) is 12.7. The number of nitrogens with zero attached hydrogens (tertiary/aromatic N) is 3. The van der Waals surface area contributed by atoms with Gasteiger partial charge in [0.2, 0.25) is 5.95 Å². The molecule has 0 saturated carbocycles. The van der Waals surface area contributed by atoms with Crippen molar-refractivity contribution in [2.24, 2.45) is 0 Å². The average Bonchev–Trinajstić information content (AvgIpc) is 3.14. The van der Waals surface area contributed by atoms with E-state index in [2.05, 4.69) is 10.3 Å². The molecule has 1 aromatic heterocycles. The van der Waals surface area contributed by atoms with Crippen molar-refractivity contribution in [1.82, 2.24) is 14.9 Å². The van der Waals surface area contributed by atoms with Crippen molar-refractivity contribution in [3.63, 3.8) is 0 Å². The van der Waals surface area contributed by atoms with Crippen LogP contribution >= 0.6 is 11.6 Å². The molecular formula is C17H14ClFN4O. The summed E-state index contributed by atoms with van der Waals surface area (Å²) in [4.78, 5) is 18.6. The smallest absolute Gasteiger partial charge is 0.324 e. The highest BCUT2D eigenvalue weighted by molar-refractivity contribution is 6.30. The SMILES string of the molecule is O=C(NCc1ccc(F)c(Cl)c1)N1CCn2c1nc1ccccc12. The normalized spacial score (nSPS) is 13.3. The Balaban J connectivity index is 1.51. The van der Waals surface area contributed by atoms with E-state index in [-0.39, 0.29) is 17.6 Å². The number of hydrogen-bond acceptors (Lipinski definition) is 2. The predicted octanol–water partition coefficient (Wildman–Crippen LogP) is 3.56. The van der Waals surface area contributed by atoms with E-state index in [4.69, 9.17) is 11.6 Å². The zero-order valence-corrected chi connectivity index (χ0v) is 13.4. The standard InChI is InChI=1S/C17H14ClFN4O/c18-12-9-11(5-6-13(12)19)10-20-17(24)23-8-7-22-15-4-2-1-3-14(15)21-16(22)23/h1-6,9H,7-8,10H2,(H,20,24). The first-order valence-electron chi connectivity index (χ1n) is 7.58. The summed E-state index contributed by atoms with van der Waals surface area (Å²) < 4.78 is 15.2. The molecule has 2 amide bonds. The molecule has 4 rings (SSSR count). The third-order valence-electron chi connectivity index (χ3n) is 4.10. The average molecular weight is 345 g/mol. The molecule has 122 valence electrons. The molecule has 3 aromatic rings. The summed E-state index contributed by atoms with van der Waals surface area (Å²) in [6.07, 6.45) is 0. The van der Waals surface area contributed by atoms with Gasteiger partial charge in [0.05, 0.1) is 16.1 Å². The van der Waals surface area contributed by atoms with Gasteiger partial charge in [-0.3, -0.25) is 4.90 Å². The van der Waals surface area contributed by atoms with E-state index in [1.165, 1.54) is 12.1 Å². The number of rotatable bonds is 2. The molecule has 0 unspecified atom stereocenters. The lowest BCUT2D eigenvalue weighted by Gasteiger charge is -2.15. The molecule has 0 atom stereocenters. The van der Waals surface area contributed by atoms with Crippen LogP contribution < -0.4 is 10.2 Å². The molecule has 2 heterocycles. The van der Waals surface area contributed by atoms with E-state index in [0.29, 0.717) is 19.0 Å². The second-order valence-electron chi connectivity index (χ2n) is 5.61. The third-order valence-corrected chi connectivity index (χ3v) is 4.39. The number of hydrogen-bond donors (Lipinski definition) is 1. The van der Waals surface area contributed by atoms with Crippen LogP contribution in [0.3, 0.4) is 0 Å². The van der Waals surface area contributed by atoms with E-state index in [1.54, 1.807) is 11.0 Å². The number of halogens is 2. The van der Waals surface area contributed by atoms with Crippen molar-refractivity contribution in [3.05, 3.63) is 58.9 Å². The van der Waals surface area contributed by atoms with Crippen LogP contribution in [-0.4, -0.2) is 22.1 Å². The molecule has 0 radical (unpaired) electrons. The summed E-state index contributed by atoms with van der Waals surface area (Å²) in [5.41, 5.74) is 2.63. The first-order chi connectivity index (χ1) is 11.6. The van der Waals surface area contributed by atoms with Gasteiger partial charge in [-0.15, -0.1) is 0 Å². The van der Waals surface area contributed by atoms with Crippen LogP contribution in [0.25, 0.3) is 11.0 Å². The van der Waals surface area contributed by atoms with E-state index in [1.807, 2.05) is 28.8 Å². The van der Waals surface area contributed by atoms with Gasteiger partial charge < -0.3 is 9.88 Å². The van der Waals surface area contributed by atoms with E-state index >= 15 is 0 Å². The highest BCUT2D eigenvalue weighted by atomic mass is 35.5. The van der Waals surface area contributed by atoms with Gasteiger partial charge in [-0.25, -0.2) is 14.2 Å². The minimum Gasteiger partial charge on any atom is -0.334 e. The van der Waals surface area contributed by atoms with Crippen LogP contribution in [0.4, 0.5) is 15.1 Å². The summed E-state index contributed by atoms with van der Waals surface area (Å²) in [6.45, 7) is 1.56. The molecule has 7 heteroatoms. The van der Waals surface area contributed by atoms with Crippen molar-refractivity contribution < 1.29 is 9.18 Å². The Kier molecular flexibility index (Phi) is 3.61. The van der Waals surface area contributed by atoms with Gasteiger partial charge in [0.1, 0.15) is 5.82 Å². The summed E-state index contributed by atoms with van der Waals surface area (Å²) >= 11 is 5.76. The predicted molar refractivity (Wildman–Crippen MR) is 90.7 cm³/mol. The quantitative estimate of drug-likeness (QED) is 0.772. The van der Waals surface area contributed by atoms with Crippen LogP contribution in [-0.2, 0) is 13.1 Å². The van der Waals surface area contributed by atoms with Gasteiger partial charge in [-0.05, 0) is 29.8 Å². The maximum Gasteiger partial charge on any atom is 0.324 e. The van der Waals surface area contributed by atoms with E-state index in [0.717, 1.165) is 16.6 Å². The van der Waals surface area contributed by atoms with Crippen LogP contribution in [0.5, 0.6) is 0 Å². The highest BCUT2D eigenvalue weighted by Crippen LogP contribution is 2.27. The van der Waals surface area contributed by atoms with Crippen LogP contribution in [0.2, 0.25) is 5.02 Å². The number of amides is 2. The molecule has 24 heavy (non-hydrogen) atoms. The van der Waals surface area contributed by atoms with Crippen molar-refractivity contribution >= 4 is 34.6 Å². The summed E-state index contributed by atoms with van der Waals surface area (Å²) in [6, 6.07) is 12.0. The first-order valence-corrected chi connectivity index (χ1v) is 7.96. The fourth-order valence-corrected chi connectivity index (χ4v) is 3.11. The van der Waals surface area contributed by atoms with Crippen molar-refractivity contribution in [2.45, 2.75) is 13.1 Å². The number of para-hydroxylation sites is 2. The van der Waals surface area contributed by atoms with Gasteiger partial charge in [0, 0.05) is 19.6 Å². The first kappa shape index (κ1) is 15.0. The molecule has 5 nitrogen and oxygen atoms in total. The fraction of sp³-hybridized carbons (Fsp3) is 0.176. The zero-order chi connectivity index (χ0) is 16.7. The minimum atomic E-state index is -0.472. The topological polar surface area (TPSA) is 50.2 Å². The fourth-order valence-electron chi connectivity index (χ4n) is 2.90. The molecule has 1 N–H and O–H groups in total. The minimum absolute atomic E-state index is 0.0460. The molecule has 0 fully saturated rings. The molecule has 1 aliphatic rings. The molecule has 0 saturated heterocycles. The van der Waals surface area contributed by atoms with Gasteiger partial charge in [-0.1, -0.05) is 29.8 Å². The lowest BCUT2D eigenvalue weighted by atomic mass is 10.2. The van der Waals surface area contributed by atoms with Crippen LogP contribution in [0.1, 0.15) is 5.56 Å². The van der Waals surface area contributed by atoms with Crippen molar-refractivity contribution in [1.29, 1.82) is 0 Å². The number of nitrogens with one attached hydrogen (secondary N) is 1. The third kappa shape index (κ3) is 2.49. The van der Waals surface area contributed by atoms with E-state index in [9.17, 15) is 9.18 Å². The number of carbonyl (C=O) groups is 1. The Hall–Kier alpha value is -2.60. The van der Waals surface area contributed by atoms with Crippen molar-refractivity contribution in [2.75, 3.05) is 11.4 Å². The monoisotopic (exact) mass is 344 g/mol. The van der Waals surface area contributed by atoms with E-state index < -0.39 is 5.82 Å². The Bertz CT molecular complexity index is 939. The maximum absolute atomic E-state index is 13.2. The van der Waals surface area contributed by atoms with Crippen molar-refractivity contribution in [3.8, 4) is 0 Å². The number of anilines is 1. The summed E-state index contributed by atoms with van der Waals surface area (Å²) in [5, 5.41) is 2.87. The number of urea groups is 1. The second kappa shape index (κ2) is 5.79. The van der Waals surface area contributed by atoms with Gasteiger partial charge >= 0.3 is 6.03 Å². The molecule has 0 bridgehead atoms. The molecule has 0 aliphatic carbocycles. The lowest BCUT2D eigenvalue weighted by molar-refractivity contribution is 0.246. The molecule has 2 aromatic carbocycles. The Morgan fingerprint density at radius 2 is 2.08 bits per heavy atom. The number of benzene rings is 2. The summed E-state index contributed by atoms with van der Waals surface area (Å²) in [5.74, 6) is 0.172. The molecule has 1 aliphatic heterocycles. The number of fused-ring (bicyclic) bond motifs is 3. The van der Waals surface area contributed by atoms with Gasteiger partial charge in [0.15, 0.2) is 0 Å². The molecular weight excluding hydrogens is 331 g/mol. The number of carbonyl (C=O) groups excluding carboxylic acids is 1. The Morgan fingerprint density at radius 1 is 1.25 bits per heavy atom. The van der Waals surface area contributed by atoms with Crippen LogP contribution in [0.15, 0.2) is 42.5 Å². The van der Waals surface area contributed by atoms with Crippen LogP contribution in [0, 0.1) is 5.82 Å².